The summed E-state index contributed by atoms with van der Waals surface area (Å²) >= 11 is 0. The second kappa shape index (κ2) is 2.71. The van der Waals surface area contributed by atoms with E-state index in [0.29, 0.717) is 6.98 Å². The number of nitrogens with zero attached hydrogens (tertiary/aromatic N) is 2. The second-order valence-corrected chi connectivity index (χ2v) is 2.85. The van der Waals surface area contributed by atoms with Gasteiger partial charge in [-0.15, -0.1) is 0 Å². The van der Waals surface area contributed by atoms with Crippen LogP contribution in [-0.2, 0) is 0 Å². The molecule has 0 spiro atoms. The van der Waals surface area contributed by atoms with Crippen molar-refractivity contribution in [3.8, 4) is 0 Å². The molecule has 0 unspecified atom stereocenters. The van der Waals surface area contributed by atoms with Gasteiger partial charge in [-0.1, -0.05) is 6.92 Å². The van der Waals surface area contributed by atoms with Gasteiger partial charge in [0.15, 0.2) is 0 Å². The van der Waals surface area contributed by atoms with Gasteiger partial charge < -0.3 is 9.62 Å². The van der Waals surface area contributed by atoms with Gasteiger partial charge in [0, 0.05) is 13.1 Å². The third-order valence-electron chi connectivity index (χ3n) is 2.19. The summed E-state index contributed by atoms with van der Waals surface area (Å²) in [5.74, 6) is 0. The fraction of sp³-hybridized carbons (Fsp3) is 1.00. The van der Waals surface area contributed by atoms with E-state index in [4.69, 9.17) is 0 Å². The highest BCUT2D eigenvalue weighted by Crippen LogP contribution is 2.08. The molecule has 0 amide bonds. The van der Waals surface area contributed by atoms with Crippen molar-refractivity contribution >= 4 is 6.98 Å². The zero-order valence-corrected chi connectivity index (χ0v) is 6.59. The highest BCUT2D eigenvalue weighted by molar-refractivity contribution is 6.53. The van der Waals surface area contributed by atoms with Crippen LogP contribution in [0.15, 0.2) is 0 Å². The predicted molar refractivity (Wildman–Crippen MR) is 41.5 cm³/mol. The minimum absolute atomic E-state index is 0.699. The van der Waals surface area contributed by atoms with E-state index >= 15 is 0 Å². The first-order valence-electron chi connectivity index (χ1n) is 3.66. The van der Waals surface area contributed by atoms with Crippen LogP contribution in [0, 0.1) is 0 Å². The fourth-order valence-electron chi connectivity index (χ4n) is 1.57. The third kappa shape index (κ3) is 1.27. The highest BCUT2D eigenvalue weighted by atomic mass is 15.3. The summed E-state index contributed by atoms with van der Waals surface area (Å²) in [7, 11) is 4.38. The lowest BCUT2D eigenvalue weighted by molar-refractivity contribution is 0.553. The van der Waals surface area contributed by atoms with Crippen molar-refractivity contribution in [1.29, 1.82) is 0 Å². The van der Waals surface area contributed by atoms with Crippen molar-refractivity contribution in [2.24, 2.45) is 0 Å². The highest BCUT2D eigenvalue weighted by Gasteiger charge is 2.28. The smallest absolute Gasteiger partial charge is 0.310 e. The van der Waals surface area contributed by atoms with Crippen molar-refractivity contribution in [3.05, 3.63) is 0 Å². The van der Waals surface area contributed by atoms with E-state index in [9.17, 15) is 0 Å². The Bertz CT molecular complexity index is 87.1. The molecule has 1 heterocycles. The molecule has 1 saturated heterocycles. The first-order chi connectivity index (χ1) is 4.25. The Morgan fingerprint density at radius 1 is 1.22 bits per heavy atom. The van der Waals surface area contributed by atoms with E-state index < -0.39 is 0 Å². The fourth-order valence-corrected chi connectivity index (χ4v) is 1.57. The largest absolute Gasteiger partial charge is 0.330 e. The summed E-state index contributed by atoms with van der Waals surface area (Å²) in [6, 6.07) is 0. The van der Waals surface area contributed by atoms with Gasteiger partial charge in [0.2, 0.25) is 0 Å². The number of hydrogen-bond donors (Lipinski definition) is 0. The van der Waals surface area contributed by atoms with Crippen LogP contribution in [0.25, 0.3) is 0 Å². The molecule has 0 atom stereocenters. The molecule has 0 aromatic heterocycles. The molecule has 1 aliphatic heterocycles. The summed E-state index contributed by atoms with van der Waals surface area (Å²) < 4.78 is 0. The van der Waals surface area contributed by atoms with Gasteiger partial charge in [0.1, 0.15) is 0 Å². The zero-order chi connectivity index (χ0) is 6.85. The Kier molecular flexibility index (Phi) is 2.14. The molecule has 1 aliphatic rings. The van der Waals surface area contributed by atoms with Crippen LogP contribution in [0.4, 0.5) is 0 Å². The zero-order valence-electron chi connectivity index (χ0n) is 6.59. The van der Waals surface area contributed by atoms with Gasteiger partial charge in [-0.25, -0.2) is 0 Å². The minimum Gasteiger partial charge on any atom is -0.330 e. The van der Waals surface area contributed by atoms with E-state index in [0.717, 1.165) is 0 Å². The lowest BCUT2D eigenvalue weighted by Crippen LogP contribution is -2.38. The maximum atomic E-state index is 2.40. The second-order valence-electron chi connectivity index (χ2n) is 2.85. The Balaban J connectivity index is 2.44. The van der Waals surface area contributed by atoms with Crippen molar-refractivity contribution in [2.45, 2.75) is 13.2 Å². The van der Waals surface area contributed by atoms with Crippen LogP contribution in [0.5, 0.6) is 0 Å². The van der Waals surface area contributed by atoms with Crippen LogP contribution in [0.1, 0.15) is 6.92 Å². The van der Waals surface area contributed by atoms with Crippen LogP contribution in [0.2, 0.25) is 6.32 Å². The number of hydrogen-bond acceptors (Lipinski definition) is 2. The number of rotatable bonds is 1. The lowest BCUT2D eigenvalue weighted by Gasteiger charge is -2.17. The van der Waals surface area contributed by atoms with Crippen molar-refractivity contribution in [1.82, 2.24) is 9.62 Å². The summed E-state index contributed by atoms with van der Waals surface area (Å²) in [6.07, 6.45) is 1.24. The summed E-state index contributed by atoms with van der Waals surface area (Å²) in [5, 5.41) is 0. The van der Waals surface area contributed by atoms with Crippen molar-refractivity contribution in [3.63, 3.8) is 0 Å². The topological polar surface area (TPSA) is 6.48 Å². The average molecular weight is 126 g/mol. The Labute approximate surface area is 57.9 Å². The molecule has 0 aliphatic carbocycles. The summed E-state index contributed by atoms with van der Waals surface area (Å²) in [6.45, 7) is 5.40. The summed E-state index contributed by atoms with van der Waals surface area (Å²) in [5.41, 5.74) is 0. The Morgan fingerprint density at radius 3 is 1.89 bits per heavy atom. The van der Waals surface area contributed by atoms with Gasteiger partial charge >= 0.3 is 6.98 Å². The molecule has 0 bridgehead atoms. The first-order valence-corrected chi connectivity index (χ1v) is 3.66. The van der Waals surface area contributed by atoms with E-state index in [2.05, 4.69) is 30.6 Å². The summed E-state index contributed by atoms with van der Waals surface area (Å²) in [4.78, 5) is 4.81. The predicted octanol–water partition coefficient (Wildman–Crippen LogP) is 0.372. The van der Waals surface area contributed by atoms with Crippen molar-refractivity contribution < 1.29 is 0 Å². The molecular formula is C6H15BN2. The Hall–Kier alpha value is -0.0151. The van der Waals surface area contributed by atoms with Crippen LogP contribution in [0.3, 0.4) is 0 Å². The third-order valence-corrected chi connectivity index (χ3v) is 2.19. The average Bonchev–Trinajstić information content (AvgIpc) is 2.12. The molecule has 0 saturated carbocycles. The molecule has 0 aromatic carbocycles. The quantitative estimate of drug-likeness (QED) is 0.468. The van der Waals surface area contributed by atoms with Crippen molar-refractivity contribution in [2.75, 3.05) is 27.2 Å². The van der Waals surface area contributed by atoms with Gasteiger partial charge in [-0.05, 0) is 20.4 Å². The molecule has 2 nitrogen and oxygen atoms in total. The maximum Gasteiger partial charge on any atom is 0.310 e. The molecule has 9 heavy (non-hydrogen) atoms. The van der Waals surface area contributed by atoms with Gasteiger partial charge in [-0.3, -0.25) is 0 Å². The molecule has 0 radical (unpaired) electrons. The maximum absolute atomic E-state index is 2.40. The standard InChI is InChI=1S/C6H15BN2/c1-4-7-8(2)5-6-9(7)3/h4-6H2,1-3H3. The molecule has 1 rings (SSSR count). The van der Waals surface area contributed by atoms with Gasteiger partial charge in [0.25, 0.3) is 0 Å². The van der Waals surface area contributed by atoms with Crippen LogP contribution >= 0.6 is 0 Å². The van der Waals surface area contributed by atoms with E-state index in [1.807, 2.05) is 0 Å². The molecule has 1 fully saturated rings. The van der Waals surface area contributed by atoms with E-state index in [1.54, 1.807) is 0 Å². The van der Waals surface area contributed by atoms with Gasteiger partial charge in [-0.2, -0.15) is 0 Å². The first kappa shape index (κ1) is 7.10. The number of likely N-dealkylation sites (N-methyl/N-ethyl adjacent to an activating group) is 2. The van der Waals surface area contributed by atoms with E-state index in [1.165, 1.54) is 19.4 Å². The monoisotopic (exact) mass is 126 g/mol. The van der Waals surface area contributed by atoms with Gasteiger partial charge in [0.05, 0.1) is 0 Å². The molecule has 52 valence electrons. The SMILES string of the molecule is CCB1N(C)CCN1C. The lowest BCUT2D eigenvalue weighted by atomic mass is 9.71. The molecule has 0 N–H and O–H groups in total. The molecule has 3 heteroatoms. The molecule has 0 aromatic rings. The van der Waals surface area contributed by atoms with Crippen LogP contribution in [-0.4, -0.2) is 43.8 Å². The minimum atomic E-state index is 0.699. The van der Waals surface area contributed by atoms with E-state index in [-0.39, 0.29) is 0 Å². The Morgan fingerprint density at radius 2 is 1.67 bits per heavy atom. The molecular weight excluding hydrogens is 111 g/mol. The normalized spacial score (nSPS) is 23.7. The van der Waals surface area contributed by atoms with Crippen LogP contribution < -0.4 is 0 Å².